The third kappa shape index (κ3) is 4.20. The molecule has 6 aromatic heterocycles. The quantitative estimate of drug-likeness (QED) is 0.275. The van der Waals surface area contributed by atoms with E-state index in [9.17, 15) is 0 Å². The van der Waals surface area contributed by atoms with Gasteiger partial charge in [-0.05, 0) is 30.7 Å². The van der Waals surface area contributed by atoms with E-state index in [0.29, 0.717) is 23.0 Å². The molecule has 0 spiro atoms. The lowest BCUT2D eigenvalue weighted by Crippen LogP contribution is -2.14. The molecule has 0 aliphatic rings. The summed E-state index contributed by atoms with van der Waals surface area (Å²) in [5, 5.41) is 12.0. The van der Waals surface area contributed by atoms with E-state index < -0.39 is 0 Å². The molecule has 11 nitrogen and oxygen atoms in total. The van der Waals surface area contributed by atoms with Crippen LogP contribution in [0.5, 0.6) is 5.88 Å². The second-order valence-electron chi connectivity index (χ2n) is 8.56. The molecule has 11 heteroatoms. The normalized spacial score (nSPS) is 12.2. The number of aromatic amines is 2. The summed E-state index contributed by atoms with van der Waals surface area (Å²) in [4.78, 5) is 29.4. The SMILES string of the molecule is CCCC(Nc1ncnc2nc[nH]c12)c1cc(-c2cnc3n[nH]c(-c4ccncc4)c3c2)cnc1OC. The van der Waals surface area contributed by atoms with E-state index >= 15 is 0 Å². The highest BCUT2D eigenvalue weighted by Crippen LogP contribution is 2.35. The van der Waals surface area contributed by atoms with E-state index in [2.05, 4.69) is 69.5 Å². The molecule has 0 radical (unpaired) electrons. The summed E-state index contributed by atoms with van der Waals surface area (Å²) in [6.45, 7) is 2.14. The number of rotatable bonds is 8. The molecule has 3 N–H and O–H groups in total. The first-order valence-corrected chi connectivity index (χ1v) is 11.9. The molecule has 6 heterocycles. The Kier molecular flexibility index (Phi) is 5.85. The monoisotopic (exact) mass is 492 g/mol. The van der Waals surface area contributed by atoms with Crippen molar-refractivity contribution in [2.45, 2.75) is 25.8 Å². The van der Waals surface area contributed by atoms with Gasteiger partial charge in [0.25, 0.3) is 0 Å². The van der Waals surface area contributed by atoms with Crippen LogP contribution in [0.4, 0.5) is 5.82 Å². The zero-order valence-electron chi connectivity index (χ0n) is 20.3. The van der Waals surface area contributed by atoms with Gasteiger partial charge in [0.05, 0.1) is 25.2 Å². The zero-order valence-corrected chi connectivity index (χ0v) is 20.3. The summed E-state index contributed by atoms with van der Waals surface area (Å²) in [5.41, 5.74) is 6.67. The van der Waals surface area contributed by atoms with Crippen LogP contribution in [0.25, 0.3) is 44.6 Å². The lowest BCUT2D eigenvalue weighted by Gasteiger charge is -2.21. The average molecular weight is 493 g/mol. The molecule has 6 aromatic rings. The Balaban J connectivity index is 1.41. The Bertz CT molecular complexity index is 1680. The standard InChI is InChI=1S/C26H24N10O/c1-3-4-20(34-25-22-24(31-13-30-22)32-14-33-25)18-9-16(12-29-26(18)37-2)17-10-19-21(15-5-7-27-8-6-15)35-36-23(19)28-11-17/h5-14,20H,3-4H2,1-2H3,(H,28,35,36)(H2,30,31,32,33,34). The number of hydrogen-bond donors (Lipinski definition) is 3. The number of anilines is 1. The van der Waals surface area contributed by atoms with Crippen LogP contribution in [0.1, 0.15) is 31.4 Å². The predicted octanol–water partition coefficient (Wildman–Crippen LogP) is 4.71. The molecule has 37 heavy (non-hydrogen) atoms. The van der Waals surface area contributed by atoms with Crippen molar-refractivity contribution >= 4 is 28.0 Å². The third-order valence-corrected chi connectivity index (χ3v) is 6.27. The van der Waals surface area contributed by atoms with Crippen LogP contribution in [-0.2, 0) is 0 Å². The number of H-pyrrole nitrogens is 2. The molecule has 0 aliphatic heterocycles. The van der Waals surface area contributed by atoms with Gasteiger partial charge in [-0.15, -0.1) is 0 Å². The topological polar surface area (TPSA) is 143 Å². The molecular formula is C26H24N10O. The minimum Gasteiger partial charge on any atom is -0.481 e. The van der Waals surface area contributed by atoms with Crippen molar-refractivity contribution in [1.82, 2.24) is 45.1 Å². The number of nitrogens with one attached hydrogen (secondary N) is 3. The minimum absolute atomic E-state index is 0.105. The molecule has 184 valence electrons. The van der Waals surface area contributed by atoms with E-state index in [1.807, 2.05) is 18.3 Å². The number of ether oxygens (including phenoxy) is 1. The molecule has 1 atom stereocenters. The van der Waals surface area contributed by atoms with Crippen molar-refractivity contribution in [3.63, 3.8) is 0 Å². The second-order valence-corrected chi connectivity index (χ2v) is 8.56. The molecule has 1 unspecified atom stereocenters. The molecule has 0 fully saturated rings. The Labute approximate surface area is 211 Å². The van der Waals surface area contributed by atoms with Crippen molar-refractivity contribution in [3.05, 3.63) is 67.3 Å². The molecule has 0 saturated heterocycles. The van der Waals surface area contributed by atoms with Crippen LogP contribution in [0.15, 0.2) is 61.7 Å². The summed E-state index contributed by atoms with van der Waals surface area (Å²) in [6.07, 6.45) is 12.0. The lowest BCUT2D eigenvalue weighted by molar-refractivity contribution is 0.388. The summed E-state index contributed by atoms with van der Waals surface area (Å²) < 4.78 is 5.67. The Morgan fingerprint density at radius 2 is 1.78 bits per heavy atom. The first-order valence-electron chi connectivity index (χ1n) is 11.9. The van der Waals surface area contributed by atoms with Gasteiger partial charge in [0.15, 0.2) is 17.1 Å². The molecule has 0 bridgehead atoms. The number of aromatic nitrogens is 9. The van der Waals surface area contributed by atoms with Crippen LogP contribution >= 0.6 is 0 Å². The molecule has 0 aliphatic carbocycles. The Morgan fingerprint density at radius 3 is 2.62 bits per heavy atom. The van der Waals surface area contributed by atoms with Crippen LogP contribution in [0, 0.1) is 0 Å². The van der Waals surface area contributed by atoms with Crippen molar-refractivity contribution < 1.29 is 4.74 Å². The van der Waals surface area contributed by atoms with Gasteiger partial charge >= 0.3 is 0 Å². The summed E-state index contributed by atoms with van der Waals surface area (Å²) >= 11 is 0. The molecular weight excluding hydrogens is 468 g/mol. The van der Waals surface area contributed by atoms with E-state index in [4.69, 9.17) is 4.74 Å². The van der Waals surface area contributed by atoms with E-state index in [1.54, 1.807) is 32.0 Å². The smallest absolute Gasteiger partial charge is 0.218 e. The van der Waals surface area contributed by atoms with Gasteiger partial charge in [0.2, 0.25) is 5.88 Å². The fourth-order valence-electron chi connectivity index (χ4n) is 4.48. The molecule has 0 saturated carbocycles. The molecule has 0 amide bonds. The van der Waals surface area contributed by atoms with Crippen molar-refractivity contribution in [2.24, 2.45) is 0 Å². The highest BCUT2D eigenvalue weighted by molar-refractivity contribution is 5.93. The van der Waals surface area contributed by atoms with E-state index in [0.717, 1.165) is 51.7 Å². The summed E-state index contributed by atoms with van der Waals surface area (Å²) in [7, 11) is 1.63. The number of nitrogens with zero attached hydrogens (tertiary/aromatic N) is 7. The van der Waals surface area contributed by atoms with Crippen LogP contribution in [0.2, 0.25) is 0 Å². The van der Waals surface area contributed by atoms with Gasteiger partial charge in [-0.25, -0.2) is 24.9 Å². The highest BCUT2D eigenvalue weighted by atomic mass is 16.5. The Hall–Kier alpha value is -4.93. The third-order valence-electron chi connectivity index (χ3n) is 6.27. The molecule has 6 rings (SSSR count). The fourth-order valence-corrected chi connectivity index (χ4v) is 4.48. The van der Waals surface area contributed by atoms with Crippen molar-refractivity contribution in [1.29, 1.82) is 0 Å². The number of hydrogen-bond acceptors (Lipinski definition) is 9. The maximum Gasteiger partial charge on any atom is 0.218 e. The van der Waals surface area contributed by atoms with Gasteiger partial charge in [0.1, 0.15) is 11.8 Å². The first-order chi connectivity index (χ1) is 18.2. The largest absolute Gasteiger partial charge is 0.481 e. The lowest BCUT2D eigenvalue weighted by atomic mass is 9.99. The highest BCUT2D eigenvalue weighted by Gasteiger charge is 2.21. The Morgan fingerprint density at radius 1 is 0.946 bits per heavy atom. The fraction of sp³-hybridized carbons (Fsp3) is 0.192. The van der Waals surface area contributed by atoms with Gasteiger partial charge < -0.3 is 15.0 Å². The second kappa shape index (κ2) is 9.61. The number of fused-ring (bicyclic) bond motifs is 2. The number of imidazole rings is 1. The number of pyridine rings is 3. The average Bonchev–Trinajstić information content (AvgIpc) is 3.60. The van der Waals surface area contributed by atoms with Gasteiger partial charge in [-0.3, -0.25) is 10.1 Å². The number of methoxy groups -OCH3 is 1. The van der Waals surface area contributed by atoms with Crippen LogP contribution < -0.4 is 10.1 Å². The molecule has 0 aromatic carbocycles. The summed E-state index contributed by atoms with van der Waals surface area (Å²) in [6, 6.07) is 7.95. The first kappa shape index (κ1) is 22.5. The van der Waals surface area contributed by atoms with Crippen LogP contribution in [0.3, 0.4) is 0 Å². The van der Waals surface area contributed by atoms with E-state index in [-0.39, 0.29) is 6.04 Å². The predicted molar refractivity (Wildman–Crippen MR) is 140 cm³/mol. The maximum absolute atomic E-state index is 5.67. The van der Waals surface area contributed by atoms with Crippen LogP contribution in [-0.4, -0.2) is 52.2 Å². The van der Waals surface area contributed by atoms with E-state index in [1.165, 1.54) is 6.33 Å². The van der Waals surface area contributed by atoms with Gasteiger partial charge in [0, 0.05) is 52.4 Å². The maximum atomic E-state index is 5.67. The van der Waals surface area contributed by atoms with Gasteiger partial charge in [-0.1, -0.05) is 13.3 Å². The van der Waals surface area contributed by atoms with Crippen molar-refractivity contribution in [3.8, 4) is 28.3 Å². The zero-order chi connectivity index (χ0) is 25.2. The van der Waals surface area contributed by atoms with Crippen molar-refractivity contribution in [2.75, 3.05) is 12.4 Å². The van der Waals surface area contributed by atoms with Gasteiger partial charge in [-0.2, -0.15) is 5.10 Å². The summed E-state index contributed by atoms with van der Waals surface area (Å²) in [5.74, 6) is 1.23. The minimum atomic E-state index is -0.105.